The van der Waals surface area contributed by atoms with Gasteiger partial charge in [-0.05, 0) is 38.2 Å². The number of amides is 3. The first-order valence-corrected chi connectivity index (χ1v) is 13.4. The average molecular weight is 488 g/mol. The van der Waals surface area contributed by atoms with Crippen LogP contribution in [0, 0.1) is 11.8 Å². The molecule has 2 unspecified atom stereocenters. The molecule has 0 saturated carbocycles. The summed E-state index contributed by atoms with van der Waals surface area (Å²) in [7, 11) is 0. The SMILES string of the molecule is CCCCNC(=O)C1N([C@@H](CC)CO)C(=O)[C@@H]2[C@H](C(=O)NCc3ccccc3)[C@]3(C)CCC12S3. The fourth-order valence-electron chi connectivity index (χ4n) is 6.25. The van der Waals surface area contributed by atoms with Gasteiger partial charge in [0.15, 0.2) is 0 Å². The maximum atomic E-state index is 13.9. The highest BCUT2D eigenvalue weighted by atomic mass is 32.2. The molecule has 3 aliphatic heterocycles. The van der Waals surface area contributed by atoms with Gasteiger partial charge in [-0.3, -0.25) is 14.4 Å². The van der Waals surface area contributed by atoms with Gasteiger partial charge < -0.3 is 20.6 Å². The first-order chi connectivity index (χ1) is 16.3. The highest BCUT2D eigenvalue weighted by Crippen LogP contribution is 2.71. The van der Waals surface area contributed by atoms with Crippen molar-refractivity contribution in [1.82, 2.24) is 15.5 Å². The zero-order valence-corrected chi connectivity index (χ0v) is 21.2. The Morgan fingerprint density at radius 1 is 1.18 bits per heavy atom. The summed E-state index contributed by atoms with van der Waals surface area (Å²) < 4.78 is -1.03. The van der Waals surface area contributed by atoms with Crippen molar-refractivity contribution in [2.24, 2.45) is 11.8 Å². The Kier molecular flexibility index (Phi) is 7.29. The molecule has 0 radical (unpaired) electrons. The average Bonchev–Trinajstić information content (AvgIpc) is 3.40. The van der Waals surface area contributed by atoms with E-state index in [-0.39, 0.29) is 24.3 Å². The van der Waals surface area contributed by atoms with Crippen LogP contribution in [0.1, 0.15) is 58.4 Å². The number of hydrogen-bond donors (Lipinski definition) is 3. The first-order valence-electron chi connectivity index (χ1n) is 12.6. The quantitative estimate of drug-likeness (QED) is 0.441. The zero-order valence-electron chi connectivity index (χ0n) is 20.4. The topological polar surface area (TPSA) is 98.7 Å². The van der Waals surface area contributed by atoms with Crippen molar-refractivity contribution in [2.75, 3.05) is 13.2 Å². The first kappa shape index (κ1) is 25.0. The van der Waals surface area contributed by atoms with E-state index < -0.39 is 33.4 Å². The fraction of sp³-hybridized carbons (Fsp3) is 0.654. The number of carbonyl (C=O) groups excluding carboxylic acids is 3. The minimum atomic E-state index is -0.669. The molecule has 8 heteroatoms. The Morgan fingerprint density at radius 3 is 2.56 bits per heavy atom. The van der Waals surface area contributed by atoms with Crippen molar-refractivity contribution >= 4 is 29.5 Å². The monoisotopic (exact) mass is 487 g/mol. The Labute approximate surface area is 206 Å². The minimum Gasteiger partial charge on any atom is -0.394 e. The number of aliphatic hydroxyl groups is 1. The lowest BCUT2D eigenvalue weighted by Gasteiger charge is -2.36. The number of benzene rings is 1. The molecule has 6 atom stereocenters. The Hall–Kier alpha value is -2.06. The van der Waals surface area contributed by atoms with Gasteiger partial charge in [0.2, 0.25) is 17.7 Å². The highest BCUT2D eigenvalue weighted by molar-refractivity contribution is 8.02. The summed E-state index contributed by atoms with van der Waals surface area (Å²) in [5.74, 6) is -1.50. The van der Waals surface area contributed by atoms with Crippen LogP contribution < -0.4 is 10.6 Å². The van der Waals surface area contributed by atoms with Gasteiger partial charge in [-0.25, -0.2) is 0 Å². The number of nitrogens with zero attached hydrogens (tertiary/aromatic N) is 1. The van der Waals surface area contributed by atoms with Gasteiger partial charge in [0.25, 0.3) is 0 Å². The Morgan fingerprint density at radius 2 is 1.91 bits per heavy atom. The molecule has 3 aliphatic rings. The maximum absolute atomic E-state index is 13.9. The summed E-state index contributed by atoms with van der Waals surface area (Å²) in [5.41, 5.74) is 1.01. The van der Waals surface area contributed by atoms with E-state index in [0.717, 1.165) is 31.2 Å². The molecule has 3 N–H and O–H groups in total. The highest BCUT2D eigenvalue weighted by Gasteiger charge is 2.77. The molecule has 3 amide bonds. The molecule has 3 fully saturated rings. The molecule has 1 aromatic carbocycles. The van der Waals surface area contributed by atoms with Crippen LogP contribution in [0.25, 0.3) is 0 Å². The molecule has 0 aliphatic carbocycles. The second-order valence-electron chi connectivity index (χ2n) is 10.1. The molecular weight excluding hydrogens is 450 g/mol. The lowest BCUT2D eigenvalue weighted by atomic mass is 9.66. The van der Waals surface area contributed by atoms with Crippen molar-refractivity contribution in [3.8, 4) is 0 Å². The number of thioether (sulfide) groups is 1. The van der Waals surface area contributed by atoms with Crippen molar-refractivity contribution in [3.63, 3.8) is 0 Å². The van der Waals surface area contributed by atoms with E-state index in [1.165, 1.54) is 0 Å². The molecule has 2 bridgehead atoms. The van der Waals surface area contributed by atoms with Gasteiger partial charge in [0.1, 0.15) is 6.04 Å². The van der Waals surface area contributed by atoms with Crippen LogP contribution >= 0.6 is 11.8 Å². The number of nitrogens with one attached hydrogen (secondary N) is 2. The standard InChI is InChI=1S/C26H37N3O4S/c1-4-6-14-27-23(32)21-26-13-12-25(3,34-26)19(20(26)24(33)29(21)18(5-2)16-30)22(31)28-15-17-10-8-7-9-11-17/h7-11,18-21,30H,4-6,12-16H2,1-3H3,(H,27,32)(H,28,31)/t18-,19+,20-,21?,25-,26?/m0/s1. The molecule has 7 nitrogen and oxygen atoms in total. The lowest BCUT2D eigenvalue weighted by molar-refractivity contribution is -0.143. The summed E-state index contributed by atoms with van der Waals surface area (Å²) in [6, 6.07) is 8.63. The van der Waals surface area contributed by atoms with Gasteiger partial charge in [0.05, 0.1) is 29.2 Å². The van der Waals surface area contributed by atoms with E-state index in [9.17, 15) is 19.5 Å². The van der Waals surface area contributed by atoms with Crippen LogP contribution in [0.2, 0.25) is 0 Å². The molecule has 3 saturated heterocycles. The number of hydrogen-bond acceptors (Lipinski definition) is 5. The van der Waals surface area contributed by atoms with Gasteiger partial charge in [0, 0.05) is 17.8 Å². The predicted molar refractivity (Wildman–Crippen MR) is 133 cm³/mol. The number of likely N-dealkylation sites (tertiary alicyclic amines) is 1. The summed E-state index contributed by atoms with van der Waals surface area (Å²) in [6.07, 6.45) is 3.89. The molecule has 3 heterocycles. The molecule has 1 spiro atoms. The van der Waals surface area contributed by atoms with Crippen molar-refractivity contribution in [1.29, 1.82) is 0 Å². The minimum absolute atomic E-state index is 0.122. The van der Waals surface area contributed by atoms with Crippen molar-refractivity contribution in [3.05, 3.63) is 35.9 Å². The normalized spacial score (nSPS) is 32.5. The molecular formula is C26H37N3O4S. The van der Waals surface area contributed by atoms with Crippen LogP contribution in [0.15, 0.2) is 30.3 Å². The lowest BCUT2D eigenvalue weighted by Crippen LogP contribution is -2.56. The van der Waals surface area contributed by atoms with Crippen LogP contribution in [0.4, 0.5) is 0 Å². The van der Waals surface area contributed by atoms with Crippen LogP contribution in [-0.4, -0.2) is 62.5 Å². The zero-order chi connectivity index (χ0) is 24.5. The van der Waals surface area contributed by atoms with Crippen LogP contribution in [-0.2, 0) is 20.9 Å². The maximum Gasteiger partial charge on any atom is 0.244 e. The summed E-state index contributed by atoms with van der Waals surface area (Å²) in [6.45, 7) is 6.83. The van der Waals surface area contributed by atoms with E-state index >= 15 is 0 Å². The van der Waals surface area contributed by atoms with E-state index in [4.69, 9.17) is 0 Å². The van der Waals surface area contributed by atoms with Gasteiger partial charge in [-0.1, -0.05) is 50.6 Å². The van der Waals surface area contributed by atoms with E-state index in [0.29, 0.717) is 19.5 Å². The van der Waals surface area contributed by atoms with Crippen LogP contribution in [0.3, 0.4) is 0 Å². The summed E-state index contributed by atoms with van der Waals surface area (Å²) in [4.78, 5) is 42.7. The molecule has 186 valence electrons. The van der Waals surface area contributed by atoms with Crippen LogP contribution in [0.5, 0.6) is 0 Å². The Bertz CT molecular complexity index is 924. The van der Waals surface area contributed by atoms with E-state index in [1.54, 1.807) is 16.7 Å². The molecule has 4 rings (SSSR count). The number of unbranched alkanes of at least 4 members (excludes halogenated alkanes) is 1. The third-order valence-electron chi connectivity index (χ3n) is 7.96. The Balaban J connectivity index is 1.65. The second-order valence-corrected chi connectivity index (χ2v) is 12.0. The van der Waals surface area contributed by atoms with Gasteiger partial charge in [-0.2, -0.15) is 0 Å². The number of carbonyl (C=O) groups is 3. The smallest absolute Gasteiger partial charge is 0.244 e. The second kappa shape index (κ2) is 9.90. The van der Waals surface area contributed by atoms with Crippen molar-refractivity contribution < 1.29 is 19.5 Å². The number of fused-ring (bicyclic) bond motifs is 1. The van der Waals surface area contributed by atoms with E-state index in [1.807, 2.05) is 37.3 Å². The molecule has 0 aromatic heterocycles. The third kappa shape index (κ3) is 4.02. The summed E-state index contributed by atoms with van der Waals surface area (Å²) >= 11 is 1.67. The third-order valence-corrected chi connectivity index (χ3v) is 9.95. The van der Waals surface area contributed by atoms with E-state index in [2.05, 4.69) is 24.5 Å². The van der Waals surface area contributed by atoms with Gasteiger partial charge >= 0.3 is 0 Å². The number of aliphatic hydroxyl groups excluding tert-OH is 1. The largest absolute Gasteiger partial charge is 0.394 e. The predicted octanol–water partition coefficient (Wildman–Crippen LogP) is 2.47. The number of rotatable bonds is 10. The molecule has 34 heavy (non-hydrogen) atoms. The summed E-state index contributed by atoms with van der Waals surface area (Å²) in [5, 5.41) is 16.2. The molecule has 1 aromatic rings. The van der Waals surface area contributed by atoms with Gasteiger partial charge in [-0.15, -0.1) is 11.8 Å². The van der Waals surface area contributed by atoms with Crippen molar-refractivity contribution in [2.45, 2.75) is 81.0 Å². The fourth-order valence-corrected chi connectivity index (χ4v) is 8.59.